The van der Waals surface area contributed by atoms with Gasteiger partial charge in [-0.3, -0.25) is 0 Å². The van der Waals surface area contributed by atoms with Gasteiger partial charge in [-0.05, 0) is 45.7 Å². The Morgan fingerprint density at radius 2 is 2.06 bits per heavy atom. The zero-order valence-electron chi connectivity index (χ0n) is 11.3. The molecule has 1 aliphatic carbocycles. The topological polar surface area (TPSA) is 28.2 Å². The van der Waals surface area contributed by atoms with Crippen LogP contribution in [0.5, 0.6) is 0 Å². The maximum atomic E-state index is 4.70. The van der Waals surface area contributed by atoms with E-state index >= 15 is 0 Å². The summed E-state index contributed by atoms with van der Waals surface area (Å²) in [5, 5.41) is 3.47. The van der Waals surface area contributed by atoms with E-state index in [1.165, 1.54) is 12.8 Å². The molecule has 0 unspecified atom stereocenters. The number of anilines is 1. The molecule has 1 heterocycles. The van der Waals surface area contributed by atoms with E-state index < -0.39 is 0 Å². The van der Waals surface area contributed by atoms with Crippen LogP contribution in [0.25, 0.3) is 0 Å². The summed E-state index contributed by atoms with van der Waals surface area (Å²) in [5.41, 5.74) is 1.25. The van der Waals surface area contributed by atoms with Crippen LogP contribution in [0.2, 0.25) is 0 Å². The summed E-state index contributed by atoms with van der Waals surface area (Å²) in [7, 11) is 2.14. The van der Waals surface area contributed by atoms with Gasteiger partial charge < -0.3 is 10.2 Å². The predicted octanol–water partition coefficient (Wildman–Crippen LogP) is 2.57. The number of nitrogens with zero attached hydrogens (tertiary/aromatic N) is 2. The molecule has 0 saturated heterocycles. The van der Waals surface area contributed by atoms with E-state index in [1.54, 1.807) is 0 Å². The second-order valence-corrected chi connectivity index (χ2v) is 5.93. The van der Waals surface area contributed by atoms with Crippen molar-refractivity contribution in [3.05, 3.63) is 23.9 Å². The van der Waals surface area contributed by atoms with E-state index in [-0.39, 0.29) is 5.54 Å². The van der Waals surface area contributed by atoms with Crippen LogP contribution in [0.1, 0.15) is 39.3 Å². The van der Waals surface area contributed by atoms with Crippen LogP contribution in [-0.4, -0.2) is 23.6 Å². The maximum Gasteiger partial charge on any atom is 0.128 e. The third-order valence-corrected chi connectivity index (χ3v) is 3.05. The van der Waals surface area contributed by atoms with Gasteiger partial charge in [0.05, 0.1) is 5.69 Å². The zero-order valence-corrected chi connectivity index (χ0v) is 11.3. The van der Waals surface area contributed by atoms with E-state index in [2.05, 4.69) is 56.2 Å². The van der Waals surface area contributed by atoms with Crippen LogP contribution in [-0.2, 0) is 6.54 Å². The molecule has 1 N–H and O–H groups in total. The summed E-state index contributed by atoms with van der Waals surface area (Å²) in [6.45, 7) is 7.35. The molecule has 1 aromatic rings. The lowest BCUT2D eigenvalue weighted by Gasteiger charge is -2.21. The average molecular weight is 233 g/mol. The van der Waals surface area contributed by atoms with Crippen LogP contribution >= 0.6 is 0 Å². The van der Waals surface area contributed by atoms with Gasteiger partial charge >= 0.3 is 0 Å². The van der Waals surface area contributed by atoms with Gasteiger partial charge in [0.15, 0.2) is 0 Å². The van der Waals surface area contributed by atoms with Crippen LogP contribution in [0, 0.1) is 0 Å². The van der Waals surface area contributed by atoms with E-state index in [9.17, 15) is 0 Å². The van der Waals surface area contributed by atoms with Crippen molar-refractivity contribution in [2.75, 3.05) is 11.9 Å². The Hall–Kier alpha value is -1.09. The van der Waals surface area contributed by atoms with Gasteiger partial charge in [0.2, 0.25) is 0 Å². The molecule has 0 bridgehead atoms. The standard InChI is InChI=1S/C14H23N3/c1-14(2,3)15-10-11-6-5-7-13(16-11)17(4)12-8-9-12/h5-7,12,15H,8-10H2,1-4H3. The number of hydrogen-bond donors (Lipinski definition) is 1. The maximum absolute atomic E-state index is 4.70. The van der Waals surface area contributed by atoms with Gasteiger partial charge in [-0.15, -0.1) is 0 Å². The summed E-state index contributed by atoms with van der Waals surface area (Å²) in [5.74, 6) is 1.10. The van der Waals surface area contributed by atoms with Crippen LogP contribution in [0.4, 0.5) is 5.82 Å². The van der Waals surface area contributed by atoms with E-state index in [0.29, 0.717) is 6.04 Å². The van der Waals surface area contributed by atoms with Gasteiger partial charge in [-0.25, -0.2) is 4.98 Å². The van der Waals surface area contributed by atoms with E-state index in [0.717, 1.165) is 18.1 Å². The van der Waals surface area contributed by atoms with Crippen molar-refractivity contribution in [2.45, 2.75) is 51.7 Å². The molecule has 1 fully saturated rings. The Bertz CT molecular complexity index is 377. The number of nitrogens with one attached hydrogen (secondary N) is 1. The van der Waals surface area contributed by atoms with E-state index in [4.69, 9.17) is 4.98 Å². The normalized spacial score (nSPS) is 16.0. The molecule has 3 nitrogen and oxygen atoms in total. The van der Waals surface area contributed by atoms with Crippen molar-refractivity contribution in [3.8, 4) is 0 Å². The Kier molecular flexibility index (Phi) is 3.38. The zero-order chi connectivity index (χ0) is 12.5. The first kappa shape index (κ1) is 12.4. The minimum Gasteiger partial charge on any atom is -0.357 e. The molecule has 2 rings (SSSR count). The van der Waals surface area contributed by atoms with Crippen molar-refractivity contribution < 1.29 is 0 Å². The molecule has 1 saturated carbocycles. The molecule has 17 heavy (non-hydrogen) atoms. The summed E-state index contributed by atoms with van der Waals surface area (Å²) < 4.78 is 0. The number of hydrogen-bond acceptors (Lipinski definition) is 3. The van der Waals surface area contributed by atoms with Gasteiger partial charge in [-0.1, -0.05) is 6.07 Å². The minimum atomic E-state index is 0.139. The highest BCUT2D eigenvalue weighted by Gasteiger charge is 2.27. The van der Waals surface area contributed by atoms with Gasteiger partial charge in [0.1, 0.15) is 5.82 Å². The van der Waals surface area contributed by atoms with Crippen LogP contribution < -0.4 is 10.2 Å². The molecule has 1 aromatic heterocycles. The second kappa shape index (κ2) is 4.65. The second-order valence-electron chi connectivity index (χ2n) is 5.93. The Morgan fingerprint density at radius 3 is 2.65 bits per heavy atom. The summed E-state index contributed by atoms with van der Waals surface area (Å²) >= 11 is 0. The molecule has 3 heteroatoms. The molecule has 1 aliphatic rings. The van der Waals surface area contributed by atoms with Gasteiger partial charge in [0.25, 0.3) is 0 Å². The molecular formula is C14H23N3. The lowest BCUT2D eigenvalue weighted by atomic mass is 10.1. The third-order valence-electron chi connectivity index (χ3n) is 3.05. The summed E-state index contributed by atoms with van der Waals surface area (Å²) in [6.07, 6.45) is 2.62. The van der Waals surface area contributed by atoms with Crippen LogP contribution in [0.15, 0.2) is 18.2 Å². The van der Waals surface area contributed by atoms with Gasteiger partial charge in [-0.2, -0.15) is 0 Å². The summed E-state index contributed by atoms with van der Waals surface area (Å²) in [4.78, 5) is 6.99. The smallest absolute Gasteiger partial charge is 0.128 e. The highest BCUT2D eigenvalue weighted by atomic mass is 15.2. The quantitative estimate of drug-likeness (QED) is 0.866. The van der Waals surface area contributed by atoms with Crippen molar-refractivity contribution in [1.29, 1.82) is 0 Å². The fraction of sp³-hybridized carbons (Fsp3) is 0.643. The third kappa shape index (κ3) is 3.70. The Balaban J connectivity index is 2.01. The van der Waals surface area contributed by atoms with E-state index in [1.807, 2.05) is 0 Å². The molecular weight excluding hydrogens is 210 g/mol. The first-order chi connectivity index (χ1) is 7.96. The average Bonchev–Trinajstić information content (AvgIpc) is 3.09. The fourth-order valence-corrected chi connectivity index (χ4v) is 1.77. The largest absolute Gasteiger partial charge is 0.357 e. The lowest BCUT2D eigenvalue weighted by molar-refractivity contribution is 0.421. The highest BCUT2D eigenvalue weighted by molar-refractivity contribution is 5.41. The molecule has 94 valence electrons. The Morgan fingerprint density at radius 1 is 1.35 bits per heavy atom. The fourth-order valence-electron chi connectivity index (χ4n) is 1.77. The predicted molar refractivity (Wildman–Crippen MR) is 72.3 cm³/mol. The molecule has 0 aromatic carbocycles. The molecule has 0 aliphatic heterocycles. The first-order valence-corrected chi connectivity index (χ1v) is 6.39. The highest BCUT2D eigenvalue weighted by Crippen LogP contribution is 2.28. The first-order valence-electron chi connectivity index (χ1n) is 6.39. The Labute approximate surface area is 104 Å². The molecule has 0 amide bonds. The number of pyridine rings is 1. The monoisotopic (exact) mass is 233 g/mol. The van der Waals surface area contributed by atoms with Gasteiger partial charge in [0, 0.05) is 25.2 Å². The van der Waals surface area contributed by atoms with Crippen molar-refractivity contribution in [3.63, 3.8) is 0 Å². The number of aromatic nitrogens is 1. The van der Waals surface area contributed by atoms with Crippen molar-refractivity contribution >= 4 is 5.82 Å². The molecule has 0 atom stereocenters. The van der Waals surface area contributed by atoms with Crippen LogP contribution in [0.3, 0.4) is 0 Å². The molecule has 0 radical (unpaired) electrons. The number of rotatable bonds is 4. The SMILES string of the molecule is CN(c1cccc(CNC(C)(C)C)n1)C1CC1. The molecule has 0 spiro atoms. The van der Waals surface area contributed by atoms with Crippen molar-refractivity contribution in [2.24, 2.45) is 0 Å². The summed E-state index contributed by atoms with van der Waals surface area (Å²) in [6, 6.07) is 7.00. The lowest BCUT2D eigenvalue weighted by Crippen LogP contribution is -2.35. The minimum absolute atomic E-state index is 0.139. The van der Waals surface area contributed by atoms with Crippen molar-refractivity contribution in [1.82, 2.24) is 10.3 Å².